The van der Waals surface area contributed by atoms with E-state index in [1.807, 2.05) is 19.1 Å². The lowest BCUT2D eigenvalue weighted by Crippen LogP contribution is -2.23. The van der Waals surface area contributed by atoms with Crippen molar-refractivity contribution < 1.29 is 13.9 Å². The Morgan fingerprint density at radius 2 is 2.15 bits per heavy atom. The molecule has 0 bridgehead atoms. The quantitative estimate of drug-likeness (QED) is 0.311. The van der Waals surface area contributed by atoms with Gasteiger partial charge in [0.25, 0.3) is 5.56 Å². The Hall–Kier alpha value is -2.06. The second-order valence-corrected chi connectivity index (χ2v) is 7.83. The van der Waals surface area contributed by atoms with E-state index in [1.54, 1.807) is 23.6 Å². The maximum Gasteiger partial charge on any atom is 0.341 e. The van der Waals surface area contributed by atoms with Crippen molar-refractivity contribution in [3.8, 4) is 0 Å². The molecule has 0 amide bonds. The number of furan rings is 1. The molecule has 0 aliphatic carbocycles. The standard InChI is InChI=1S/C19H19BrN2O4S/c1-4-7-22-17(23)15-8-12(20)5-6-16(15)21-19(22)27-10-13-9-14(11(2)26-13)18(24)25-3/h5-6,8-9H,4,7,10H2,1-3H3. The maximum atomic E-state index is 12.9. The molecule has 0 aliphatic rings. The van der Waals surface area contributed by atoms with Gasteiger partial charge in [-0.2, -0.15) is 0 Å². The van der Waals surface area contributed by atoms with E-state index < -0.39 is 5.97 Å². The zero-order valence-electron chi connectivity index (χ0n) is 15.2. The normalized spacial score (nSPS) is 11.1. The van der Waals surface area contributed by atoms with E-state index in [4.69, 9.17) is 9.15 Å². The molecule has 6 nitrogen and oxygen atoms in total. The van der Waals surface area contributed by atoms with E-state index in [0.717, 1.165) is 10.9 Å². The number of esters is 1. The van der Waals surface area contributed by atoms with Crippen LogP contribution in [0.1, 0.15) is 35.2 Å². The lowest BCUT2D eigenvalue weighted by Gasteiger charge is -2.12. The number of carbonyl (C=O) groups is 1. The zero-order valence-corrected chi connectivity index (χ0v) is 17.6. The first-order chi connectivity index (χ1) is 12.9. The van der Waals surface area contributed by atoms with Gasteiger partial charge >= 0.3 is 5.97 Å². The predicted molar refractivity (Wildman–Crippen MR) is 108 cm³/mol. The summed E-state index contributed by atoms with van der Waals surface area (Å²) in [6.07, 6.45) is 0.820. The van der Waals surface area contributed by atoms with E-state index in [-0.39, 0.29) is 5.56 Å². The summed E-state index contributed by atoms with van der Waals surface area (Å²) in [6, 6.07) is 7.16. The molecule has 0 saturated heterocycles. The van der Waals surface area contributed by atoms with Crippen molar-refractivity contribution in [2.45, 2.75) is 37.7 Å². The van der Waals surface area contributed by atoms with Crippen LogP contribution in [-0.4, -0.2) is 22.6 Å². The summed E-state index contributed by atoms with van der Waals surface area (Å²) in [6.45, 7) is 4.32. The van der Waals surface area contributed by atoms with Gasteiger partial charge in [0, 0.05) is 11.0 Å². The van der Waals surface area contributed by atoms with Gasteiger partial charge in [0.05, 0.1) is 23.8 Å². The fourth-order valence-electron chi connectivity index (χ4n) is 2.77. The van der Waals surface area contributed by atoms with Crippen molar-refractivity contribution in [1.29, 1.82) is 0 Å². The molecule has 3 rings (SSSR count). The molecule has 0 aliphatic heterocycles. The number of carbonyl (C=O) groups excluding carboxylic acids is 1. The molecule has 142 valence electrons. The third kappa shape index (κ3) is 4.11. The molecule has 0 unspecified atom stereocenters. The molecule has 1 aromatic carbocycles. The molecular weight excluding hydrogens is 432 g/mol. The van der Waals surface area contributed by atoms with Crippen LogP contribution in [0.3, 0.4) is 0 Å². The van der Waals surface area contributed by atoms with Gasteiger partial charge in [-0.15, -0.1) is 0 Å². The number of fused-ring (bicyclic) bond motifs is 1. The number of hydrogen-bond acceptors (Lipinski definition) is 6. The second kappa shape index (κ2) is 8.31. The van der Waals surface area contributed by atoms with Crippen LogP contribution in [0.2, 0.25) is 0 Å². The average Bonchev–Trinajstić information content (AvgIpc) is 3.03. The number of aromatic nitrogens is 2. The molecule has 0 atom stereocenters. The Kier molecular flexibility index (Phi) is 6.06. The molecule has 8 heteroatoms. The summed E-state index contributed by atoms with van der Waals surface area (Å²) in [5.74, 6) is 1.17. The fraction of sp³-hybridized carbons (Fsp3) is 0.316. The van der Waals surface area contributed by atoms with E-state index in [9.17, 15) is 9.59 Å². The first-order valence-corrected chi connectivity index (χ1v) is 10.2. The molecule has 0 radical (unpaired) electrons. The third-order valence-corrected chi connectivity index (χ3v) is 5.54. The van der Waals surface area contributed by atoms with Crippen molar-refractivity contribution in [1.82, 2.24) is 9.55 Å². The highest BCUT2D eigenvalue weighted by Gasteiger charge is 2.17. The third-order valence-electron chi connectivity index (χ3n) is 4.05. The van der Waals surface area contributed by atoms with Crippen LogP contribution >= 0.6 is 27.7 Å². The van der Waals surface area contributed by atoms with Gasteiger partial charge in [-0.25, -0.2) is 9.78 Å². The van der Waals surface area contributed by atoms with Crippen LogP contribution in [0.15, 0.2) is 43.1 Å². The van der Waals surface area contributed by atoms with E-state index in [1.165, 1.54) is 18.9 Å². The Balaban J connectivity index is 1.94. The Morgan fingerprint density at radius 1 is 1.37 bits per heavy atom. The van der Waals surface area contributed by atoms with Gasteiger partial charge in [-0.3, -0.25) is 9.36 Å². The largest absolute Gasteiger partial charge is 0.465 e. The maximum absolute atomic E-state index is 12.9. The minimum Gasteiger partial charge on any atom is -0.465 e. The van der Waals surface area contributed by atoms with E-state index in [2.05, 4.69) is 20.9 Å². The number of methoxy groups -OCH3 is 1. The Labute approximate surface area is 169 Å². The zero-order chi connectivity index (χ0) is 19.6. The molecule has 0 saturated carbocycles. The number of thioether (sulfide) groups is 1. The van der Waals surface area contributed by atoms with Crippen molar-refractivity contribution in [3.63, 3.8) is 0 Å². The highest BCUT2D eigenvalue weighted by Crippen LogP contribution is 2.26. The van der Waals surface area contributed by atoms with E-state index >= 15 is 0 Å². The lowest BCUT2D eigenvalue weighted by molar-refractivity contribution is 0.0599. The molecule has 2 heterocycles. The second-order valence-electron chi connectivity index (χ2n) is 5.98. The summed E-state index contributed by atoms with van der Waals surface area (Å²) in [4.78, 5) is 29.3. The molecular formula is C19H19BrN2O4S. The van der Waals surface area contributed by atoms with Gasteiger partial charge in [0.1, 0.15) is 17.1 Å². The number of aryl methyl sites for hydroxylation is 1. The summed E-state index contributed by atoms with van der Waals surface area (Å²) < 4.78 is 12.9. The Bertz CT molecular complexity index is 1060. The van der Waals surface area contributed by atoms with Gasteiger partial charge in [0.15, 0.2) is 5.16 Å². The van der Waals surface area contributed by atoms with Crippen LogP contribution in [0.4, 0.5) is 0 Å². The van der Waals surface area contributed by atoms with E-state index in [0.29, 0.717) is 45.4 Å². The smallest absolute Gasteiger partial charge is 0.341 e. The summed E-state index contributed by atoms with van der Waals surface area (Å²) >= 11 is 4.81. The first-order valence-electron chi connectivity index (χ1n) is 8.45. The van der Waals surface area contributed by atoms with Crippen LogP contribution in [0.25, 0.3) is 10.9 Å². The molecule has 0 N–H and O–H groups in total. The minimum absolute atomic E-state index is 0.0588. The monoisotopic (exact) mass is 450 g/mol. The summed E-state index contributed by atoms with van der Waals surface area (Å²) in [7, 11) is 1.34. The predicted octanol–water partition coefficient (Wildman–Crippen LogP) is 4.55. The molecule has 0 fully saturated rings. The molecule has 3 aromatic rings. The van der Waals surface area contributed by atoms with Crippen LogP contribution in [-0.2, 0) is 17.0 Å². The SMILES string of the molecule is CCCn1c(SCc2cc(C(=O)OC)c(C)o2)nc2ccc(Br)cc2c1=O. The Morgan fingerprint density at radius 3 is 2.85 bits per heavy atom. The highest BCUT2D eigenvalue weighted by molar-refractivity contribution is 9.10. The molecule has 2 aromatic heterocycles. The van der Waals surface area contributed by atoms with Crippen LogP contribution < -0.4 is 5.56 Å². The highest BCUT2D eigenvalue weighted by atomic mass is 79.9. The number of halogens is 1. The van der Waals surface area contributed by atoms with Crippen molar-refractivity contribution in [2.24, 2.45) is 0 Å². The van der Waals surface area contributed by atoms with Gasteiger partial charge in [0.2, 0.25) is 0 Å². The van der Waals surface area contributed by atoms with Gasteiger partial charge in [-0.1, -0.05) is 34.6 Å². The van der Waals surface area contributed by atoms with Gasteiger partial charge in [-0.05, 0) is 37.6 Å². The molecule has 27 heavy (non-hydrogen) atoms. The van der Waals surface area contributed by atoms with Crippen LogP contribution in [0, 0.1) is 6.92 Å². The van der Waals surface area contributed by atoms with Crippen LogP contribution in [0.5, 0.6) is 0 Å². The van der Waals surface area contributed by atoms with Crippen molar-refractivity contribution >= 4 is 44.6 Å². The molecule has 0 spiro atoms. The number of rotatable bonds is 6. The summed E-state index contributed by atoms with van der Waals surface area (Å²) in [5.41, 5.74) is 1.01. The average molecular weight is 451 g/mol. The summed E-state index contributed by atoms with van der Waals surface area (Å²) in [5, 5.41) is 1.22. The van der Waals surface area contributed by atoms with Crippen molar-refractivity contribution in [3.05, 3.63) is 56.2 Å². The minimum atomic E-state index is -0.426. The number of hydrogen-bond donors (Lipinski definition) is 0. The van der Waals surface area contributed by atoms with Crippen molar-refractivity contribution in [2.75, 3.05) is 7.11 Å². The number of benzene rings is 1. The fourth-order valence-corrected chi connectivity index (χ4v) is 4.03. The lowest BCUT2D eigenvalue weighted by atomic mass is 10.2. The number of nitrogens with zero attached hydrogens (tertiary/aromatic N) is 2. The topological polar surface area (TPSA) is 74.3 Å². The first kappa shape index (κ1) is 19.7. The van der Waals surface area contributed by atoms with Gasteiger partial charge < -0.3 is 9.15 Å². The number of ether oxygens (including phenoxy) is 1.